The van der Waals surface area contributed by atoms with Crippen molar-refractivity contribution in [2.24, 2.45) is 0 Å². The number of fused-ring (bicyclic) bond motifs is 10. The Morgan fingerprint density at radius 3 is 1.33 bits per heavy atom. The first-order valence-corrected chi connectivity index (χ1v) is 22.6. The van der Waals surface area contributed by atoms with Gasteiger partial charge in [0.1, 0.15) is 0 Å². The van der Waals surface area contributed by atoms with Gasteiger partial charge in [-0.15, -0.1) is 22.7 Å². The van der Waals surface area contributed by atoms with E-state index in [4.69, 9.17) is 5.73 Å². The molecule has 0 aliphatic heterocycles. The van der Waals surface area contributed by atoms with Crippen molar-refractivity contribution in [3.05, 3.63) is 223 Å². The van der Waals surface area contributed by atoms with Crippen LogP contribution in [0.2, 0.25) is 0 Å². The molecule has 0 aliphatic carbocycles. The van der Waals surface area contributed by atoms with Gasteiger partial charge in [-0.25, -0.2) is 0 Å². The third-order valence-electron chi connectivity index (χ3n) is 11.0. The predicted molar refractivity (Wildman–Crippen MR) is 273 cm³/mol. The standard InChI is InChI=1S/C28H19NS.C16H9BrS.C12H11N/c1-2-6-19(7-3-1)20-10-13-22(14-11-20)29-23-15-17-25-26-16-12-21-8-4-5-9-24(21)28(26)30-27(25)18-23;17-11-6-8-13-14-7-5-10-3-1-2-4-12(10)16(14)18-15(13)9-11;13-12-8-6-11(7-9-12)10-4-2-1-3-5-10/h1-18,29H;1-9H;1-9H,13H2. The summed E-state index contributed by atoms with van der Waals surface area (Å²) in [5.74, 6) is 0. The fourth-order valence-corrected chi connectivity index (χ4v) is 11.0. The molecule has 2 aromatic heterocycles. The lowest BCUT2D eigenvalue weighted by atomic mass is 10.1. The molecular formula is C56H39BrN2S2. The molecule has 2 heterocycles. The summed E-state index contributed by atoms with van der Waals surface area (Å²) in [6.07, 6.45) is 0. The molecule has 12 rings (SSSR count). The number of hydrogen-bond donors (Lipinski definition) is 2. The Bertz CT molecular complexity index is 3450. The lowest BCUT2D eigenvalue weighted by Crippen LogP contribution is -1.89. The molecule has 0 atom stereocenters. The van der Waals surface area contributed by atoms with E-state index in [2.05, 4.69) is 191 Å². The van der Waals surface area contributed by atoms with E-state index in [0.29, 0.717) is 0 Å². The first kappa shape index (κ1) is 38.4. The minimum Gasteiger partial charge on any atom is -0.399 e. The summed E-state index contributed by atoms with van der Waals surface area (Å²) in [4.78, 5) is 0. The van der Waals surface area contributed by atoms with Crippen LogP contribution in [0.1, 0.15) is 0 Å². The van der Waals surface area contributed by atoms with Crippen LogP contribution < -0.4 is 11.1 Å². The van der Waals surface area contributed by atoms with E-state index in [1.807, 2.05) is 71.2 Å². The average molecular weight is 884 g/mol. The number of nitrogens with two attached hydrogens (primary N) is 1. The van der Waals surface area contributed by atoms with Gasteiger partial charge in [0.2, 0.25) is 0 Å². The van der Waals surface area contributed by atoms with Crippen molar-refractivity contribution in [3.8, 4) is 22.3 Å². The van der Waals surface area contributed by atoms with Crippen LogP contribution in [0.25, 0.3) is 84.1 Å². The van der Waals surface area contributed by atoms with Gasteiger partial charge >= 0.3 is 0 Å². The molecule has 10 aromatic carbocycles. The van der Waals surface area contributed by atoms with Crippen LogP contribution in [0.4, 0.5) is 17.1 Å². The van der Waals surface area contributed by atoms with Crippen LogP contribution in [0, 0.1) is 0 Å². The fourth-order valence-electron chi connectivity index (χ4n) is 7.91. The van der Waals surface area contributed by atoms with E-state index in [0.717, 1.165) is 21.5 Å². The summed E-state index contributed by atoms with van der Waals surface area (Å²) in [6, 6.07) is 76.6. The Labute approximate surface area is 371 Å². The van der Waals surface area contributed by atoms with E-state index in [1.165, 1.54) is 84.1 Å². The topological polar surface area (TPSA) is 38.0 Å². The second-order valence-electron chi connectivity index (χ2n) is 14.9. The first-order chi connectivity index (χ1) is 30.0. The minimum atomic E-state index is 0.805. The van der Waals surface area contributed by atoms with Gasteiger partial charge in [0.05, 0.1) is 0 Å². The molecule has 292 valence electrons. The van der Waals surface area contributed by atoms with Crippen LogP contribution in [0.3, 0.4) is 0 Å². The monoisotopic (exact) mass is 882 g/mol. The maximum absolute atomic E-state index is 5.60. The second kappa shape index (κ2) is 17.1. The van der Waals surface area contributed by atoms with Crippen molar-refractivity contribution in [2.45, 2.75) is 0 Å². The van der Waals surface area contributed by atoms with Crippen molar-refractivity contribution in [1.82, 2.24) is 0 Å². The smallest absolute Gasteiger partial charge is 0.0433 e. The number of rotatable bonds is 4. The summed E-state index contributed by atoms with van der Waals surface area (Å²) < 4.78 is 6.56. The molecule has 0 radical (unpaired) electrons. The molecule has 0 unspecified atom stereocenters. The molecule has 0 amide bonds. The summed E-state index contributed by atoms with van der Waals surface area (Å²) >= 11 is 7.30. The minimum absolute atomic E-state index is 0.805. The predicted octanol–water partition coefficient (Wildman–Crippen LogP) is 17.5. The Balaban J connectivity index is 0.000000121. The normalized spacial score (nSPS) is 11.1. The highest BCUT2D eigenvalue weighted by atomic mass is 79.9. The molecule has 3 N–H and O–H groups in total. The summed E-state index contributed by atoms with van der Waals surface area (Å²) in [7, 11) is 0. The van der Waals surface area contributed by atoms with Crippen molar-refractivity contribution in [1.29, 1.82) is 0 Å². The van der Waals surface area contributed by atoms with Crippen LogP contribution in [0.15, 0.2) is 223 Å². The van der Waals surface area contributed by atoms with Crippen molar-refractivity contribution in [3.63, 3.8) is 0 Å². The average Bonchev–Trinajstić information content (AvgIpc) is 3.89. The van der Waals surface area contributed by atoms with Crippen LogP contribution in [-0.4, -0.2) is 0 Å². The Morgan fingerprint density at radius 1 is 0.344 bits per heavy atom. The van der Waals surface area contributed by atoms with Gasteiger partial charge in [-0.1, -0.05) is 186 Å². The molecule has 0 aliphatic rings. The summed E-state index contributed by atoms with van der Waals surface area (Å²) in [6.45, 7) is 0. The van der Waals surface area contributed by atoms with E-state index in [-0.39, 0.29) is 0 Å². The molecule has 0 fully saturated rings. The van der Waals surface area contributed by atoms with Crippen LogP contribution in [-0.2, 0) is 0 Å². The lowest BCUT2D eigenvalue weighted by molar-refractivity contribution is 1.56. The SMILES string of the molecule is Brc1ccc2c(c1)sc1c3ccccc3ccc21.Nc1ccc(-c2ccccc2)cc1.c1ccc(-c2ccc(Nc3ccc4c(c3)sc3c5ccccc5ccc43)cc2)cc1. The zero-order chi connectivity index (χ0) is 41.1. The maximum Gasteiger partial charge on any atom is 0.0433 e. The van der Waals surface area contributed by atoms with Gasteiger partial charge in [-0.2, -0.15) is 0 Å². The number of thiophene rings is 2. The molecule has 2 nitrogen and oxygen atoms in total. The molecule has 61 heavy (non-hydrogen) atoms. The van der Waals surface area contributed by atoms with E-state index in [1.54, 1.807) is 0 Å². The Hall–Kier alpha value is -6.76. The van der Waals surface area contributed by atoms with Crippen molar-refractivity contribution >= 4 is 118 Å². The molecule has 5 heteroatoms. The highest BCUT2D eigenvalue weighted by Crippen LogP contribution is 2.41. The lowest BCUT2D eigenvalue weighted by Gasteiger charge is -2.08. The van der Waals surface area contributed by atoms with Gasteiger partial charge < -0.3 is 11.1 Å². The van der Waals surface area contributed by atoms with E-state index < -0.39 is 0 Å². The molecule has 12 aromatic rings. The number of nitrogen functional groups attached to an aromatic ring is 1. The fraction of sp³-hybridized carbons (Fsp3) is 0. The highest BCUT2D eigenvalue weighted by Gasteiger charge is 2.10. The number of halogens is 1. The largest absolute Gasteiger partial charge is 0.399 e. The molecule has 0 spiro atoms. The van der Waals surface area contributed by atoms with Gasteiger partial charge in [0, 0.05) is 61.9 Å². The zero-order valence-corrected chi connectivity index (χ0v) is 36.3. The first-order valence-electron chi connectivity index (χ1n) is 20.2. The van der Waals surface area contributed by atoms with Crippen LogP contribution in [0.5, 0.6) is 0 Å². The van der Waals surface area contributed by atoms with Gasteiger partial charge in [-0.05, 0) is 92.3 Å². The van der Waals surface area contributed by atoms with Gasteiger partial charge in [-0.3, -0.25) is 0 Å². The van der Waals surface area contributed by atoms with Crippen molar-refractivity contribution in [2.75, 3.05) is 11.1 Å². The number of anilines is 3. The third-order valence-corrected chi connectivity index (χ3v) is 13.9. The molecule has 0 saturated carbocycles. The second-order valence-corrected chi connectivity index (χ2v) is 18.0. The van der Waals surface area contributed by atoms with Gasteiger partial charge in [0.25, 0.3) is 0 Å². The molecule has 0 saturated heterocycles. The van der Waals surface area contributed by atoms with Gasteiger partial charge in [0.15, 0.2) is 0 Å². The highest BCUT2D eigenvalue weighted by molar-refractivity contribution is 9.10. The van der Waals surface area contributed by atoms with Crippen molar-refractivity contribution < 1.29 is 0 Å². The van der Waals surface area contributed by atoms with E-state index >= 15 is 0 Å². The number of hydrogen-bond acceptors (Lipinski definition) is 4. The zero-order valence-electron chi connectivity index (χ0n) is 33.1. The Morgan fingerprint density at radius 2 is 0.770 bits per heavy atom. The van der Waals surface area contributed by atoms with E-state index in [9.17, 15) is 0 Å². The number of nitrogens with one attached hydrogen (secondary N) is 1. The molecular weight excluding hydrogens is 845 g/mol. The summed E-state index contributed by atoms with van der Waals surface area (Å²) in [5, 5.41) is 14.2. The Kier molecular flexibility index (Phi) is 10.8. The molecule has 0 bridgehead atoms. The third kappa shape index (κ3) is 8.12. The maximum atomic E-state index is 5.60. The number of benzene rings is 10. The van der Waals surface area contributed by atoms with Crippen LogP contribution >= 0.6 is 38.6 Å². The quantitative estimate of drug-likeness (QED) is 0.173. The summed E-state index contributed by atoms with van der Waals surface area (Å²) in [5.41, 5.74) is 13.5.